The first-order chi connectivity index (χ1) is 16.8. The molecule has 4 rings (SSSR count). The highest BCUT2D eigenvalue weighted by molar-refractivity contribution is 7.82. The minimum absolute atomic E-state index is 0.0591. The number of ketones is 1. The summed E-state index contributed by atoms with van der Waals surface area (Å²) in [6.45, 7) is -0.364. The van der Waals surface area contributed by atoms with E-state index in [4.69, 9.17) is 15.6 Å². The molecule has 0 aliphatic heterocycles. The number of nitrogens with zero attached hydrogens (tertiary/aromatic N) is 4. The van der Waals surface area contributed by atoms with E-state index in [9.17, 15) is 18.6 Å². The number of carbonyl (C=O) groups excluding carboxylic acids is 2. The Morgan fingerprint density at radius 2 is 1.80 bits per heavy atom. The molecule has 2 aromatic carbocycles. The SMILES string of the molecule is COc1ccc(-n2nc(C(N)=O)cc2C(=O)Cn2cnc(-c3ccccc3S(N)=O)cc2=O)cc1. The summed E-state index contributed by atoms with van der Waals surface area (Å²) in [6.07, 6.45) is 1.22. The van der Waals surface area contributed by atoms with E-state index in [0.29, 0.717) is 21.9 Å². The van der Waals surface area contributed by atoms with Crippen LogP contribution >= 0.6 is 0 Å². The Balaban J connectivity index is 1.67. The van der Waals surface area contributed by atoms with E-state index in [1.54, 1.807) is 48.5 Å². The Hall–Kier alpha value is -4.42. The number of Topliss-reactive ketones (excluding diaryl/α,β-unsaturated/α-hetero) is 1. The third-order valence-electron chi connectivity index (χ3n) is 5.14. The van der Waals surface area contributed by atoms with Crippen LogP contribution in [0.2, 0.25) is 0 Å². The largest absolute Gasteiger partial charge is 0.497 e. The quantitative estimate of drug-likeness (QED) is 0.347. The van der Waals surface area contributed by atoms with Crippen LogP contribution in [0.4, 0.5) is 0 Å². The molecule has 0 spiro atoms. The molecule has 12 heteroatoms. The first kappa shape index (κ1) is 23.7. The summed E-state index contributed by atoms with van der Waals surface area (Å²) in [5.74, 6) is -0.701. The van der Waals surface area contributed by atoms with Crippen molar-refractivity contribution in [1.82, 2.24) is 19.3 Å². The Labute approximate surface area is 201 Å². The zero-order chi connectivity index (χ0) is 25.1. The van der Waals surface area contributed by atoms with Crippen molar-refractivity contribution in [3.05, 3.63) is 88.7 Å². The zero-order valence-corrected chi connectivity index (χ0v) is 19.3. The number of hydrogen-bond donors (Lipinski definition) is 2. The van der Waals surface area contributed by atoms with Crippen LogP contribution in [0.1, 0.15) is 21.0 Å². The van der Waals surface area contributed by atoms with Crippen LogP contribution < -0.4 is 21.2 Å². The number of methoxy groups -OCH3 is 1. The van der Waals surface area contributed by atoms with E-state index in [1.165, 1.54) is 30.3 Å². The van der Waals surface area contributed by atoms with Crippen molar-refractivity contribution in [2.24, 2.45) is 10.9 Å². The van der Waals surface area contributed by atoms with E-state index in [1.807, 2.05) is 0 Å². The van der Waals surface area contributed by atoms with Crippen LogP contribution in [0.3, 0.4) is 0 Å². The molecular weight excluding hydrogens is 472 g/mol. The van der Waals surface area contributed by atoms with E-state index in [0.717, 1.165) is 4.57 Å². The van der Waals surface area contributed by atoms with Crippen molar-refractivity contribution < 1.29 is 18.5 Å². The smallest absolute Gasteiger partial charge is 0.269 e. The lowest BCUT2D eigenvalue weighted by Crippen LogP contribution is -2.25. The summed E-state index contributed by atoms with van der Waals surface area (Å²) in [6, 6.07) is 15.8. The summed E-state index contributed by atoms with van der Waals surface area (Å²) in [4.78, 5) is 42.2. The monoisotopic (exact) mass is 492 g/mol. The maximum absolute atomic E-state index is 13.1. The summed E-state index contributed by atoms with van der Waals surface area (Å²) >= 11 is 0. The third kappa shape index (κ3) is 4.93. The third-order valence-corrected chi connectivity index (χ3v) is 5.93. The molecule has 1 atom stereocenters. The van der Waals surface area contributed by atoms with Gasteiger partial charge < -0.3 is 10.5 Å². The fourth-order valence-corrected chi connectivity index (χ4v) is 4.00. The molecule has 0 aliphatic carbocycles. The maximum Gasteiger partial charge on any atom is 0.269 e. The van der Waals surface area contributed by atoms with Gasteiger partial charge in [0, 0.05) is 17.7 Å². The second-order valence-electron chi connectivity index (χ2n) is 7.35. The van der Waals surface area contributed by atoms with E-state index < -0.39 is 28.2 Å². The molecule has 35 heavy (non-hydrogen) atoms. The number of rotatable bonds is 8. The van der Waals surface area contributed by atoms with Gasteiger partial charge in [-0.15, -0.1) is 0 Å². The average molecular weight is 493 g/mol. The Bertz CT molecular complexity index is 1510. The van der Waals surface area contributed by atoms with Crippen molar-refractivity contribution in [1.29, 1.82) is 0 Å². The van der Waals surface area contributed by atoms with Gasteiger partial charge in [-0.25, -0.2) is 19.0 Å². The summed E-state index contributed by atoms with van der Waals surface area (Å²) in [5.41, 5.74) is 6.03. The van der Waals surface area contributed by atoms with Gasteiger partial charge in [0.05, 0.1) is 36.3 Å². The van der Waals surface area contributed by atoms with Crippen molar-refractivity contribution in [2.75, 3.05) is 7.11 Å². The molecule has 0 radical (unpaired) electrons. The molecule has 0 bridgehead atoms. The second kappa shape index (κ2) is 9.83. The molecule has 4 aromatic rings. The molecule has 2 heterocycles. The topological polar surface area (TPSA) is 165 Å². The maximum atomic E-state index is 13.1. The van der Waals surface area contributed by atoms with Gasteiger partial charge >= 0.3 is 0 Å². The van der Waals surface area contributed by atoms with Gasteiger partial charge in [0.25, 0.3) is 11.5 Å². The predicted molar refractivity (Wildman–Crippen MR) is 127 cm³/mol. The van der Waals surface area contributed by atoms with Gasteiger partial charge in [-0.05, 0) is 30.3 Å². The van der Waals surface area contributed by atoms with Crippen LogP contribution in [0.5, 0.6) is 5.75 Å². The highest BCUT2D eigenvalue weighted by atomic mass is 32.2. The number of aromatic nitrogens is 4. The molecule has 0 saturated carbocycles. The molecular formula is C23H20N6O5S. The van der Waals surface area contributed by atoms with Crippen LogP contribution in [0, 0.1) is 0 Å². The fourth-order valence-electron chi connectivity index (χ4n) is 3.40. The number of amides is 1. The van der Waals surface area contributed by atoms with Crippen LogP contribution in [0.25, 0.3) is 16.9 Å². The lowest BCUT2D eigenvalue weighted by Gasteiger charge is -2.10. The molecule has 1 amide bonds. The first-order valence-corrected chi connectivity index (χ1v) is 11.4. The molecule has 0 aliphatic rings. The Kier molecular flexibility index (Phi) is 6.66. The lowest BCUT2D eigenvalue weighted by atomic mass is 10.1. The highest BCUT2D eigenvalue weighted by Gasteiger charge is 2.20. The van der Waals surface area contributed by atoms with Gasteiger partial charge in [-0.2, -0.15) is 5.10 Å². The minimum Gasteiger partial charge on any atom is -0.497 e. The molecule has 0 fully saturated rings. The van der Waals surface area contributed by atoms with Crippen molar-refractivity contribution in [3.63, 3.8) is 0 Å². The number of primary amides is 1. The van der Waals surface area contributed by atoms with E-state index >= 15 is 0 Å². The number of nitrogens with two attached hydrogens (primary N) is 2. The van der Waals surface area contributed by atoms with Crippen molar-refractivity contribution in [2.45, 2.75) is 11.4 Å². The van der Waals surface area contributed by atoms with Gasteiger partial charge in [-0.1, -0.05) is 18.2 Å². The van der Waals surface area contributed by atoms with Gasteiger partial charge in [0.15, 0.2) is 5.69 Å². The molecule has 0 saturated heterocycles. The predicted octanol–water partition coefficient (Wildman–Crippen LogP) is 1.07. The highest BCUT2D eigenvalue weighted by Crippen LogP contribution is 2.22. The van der Waals surface area contributed by atoms with Gasteiger partial charge in [0.1, 0.15) is 22.4 Å². The molecule has 2 aromatic heterocycles. The normalized spacial score (nSPS) is 11.7. The van der Waals surface area contributed by atoms with Gasteiger partial charge in [-0.3, -0.25) is 19.0 Å². The Morgan fingerprint density at radius 1 is 1.09 bits per heavy atom. The Morgan fingerprint density at radius 3 is 2.43 bits per heavy atom. The summed E-state index contributed by atoms with van der Waals surface area (Å²) in [5, 5.41) is 9.66. The van der Waals surface area contributed by atoms with Crippen LogP contribution in [0.15, 0.2) is 76.7 Å². The first-order valence-electron chi connectivity index (χ1n) is 10.2. The average Bonchev–Trinajstić information content (AvgIpc) is 3.31. The summed E-state index contributed by atoms with van der Waals surface area (Å²) in [7, 11) is -0.248. The molecule has 178 valence electrons. The number of carbonyl (C=O) groups is 2. The van der Waals surface area contributed by atoms with Crippen molar-refractivity contribution in [3.8, 4) is 22.7 Å². The number of ether oxygens (including phenoxy) is 1. The summed E-state index contributed by atoms with van der Waals surface area (Å²) < 4.78 is 19.3. The van der Waals surface area contributed by atoms with E-state index in [2.05, 4.69) is 10.1 Å². The van der Waals surface area contributed by atoms with Crippen LogP contribution in [-0.4, -0.2) is 42.3 Å². The number of hydrogen-bond acceptors (Lipinski definition) is 7. The van der Waals surface area contributed by atoms with Crippen molar-refractivity contribution >= 4 is 22.7 Å². The standard InChI is InChI=1S/C23H20N6O5S/c1-34-15-8-6-14(7-9-15)29-19(10-18(27-29)23(24)32)20(30)12-28-13-26-17(11-22(28)31)16-4-2-3-5-21(16)35(25)33/h2-11,13H,12,25H2,1H3,(H2,24,32). The van der Waals surface area contributed by atoms with Gasteiger partial charge in [0.2, 0.25) is 5.78 Å². The fraction of sp³-hybridized carbons (Fsp3) is 0.0870. The van der Waals surface area contributed by atoms with E-state index in [-0.39, 0.29) is 23.6 Å². The minimum atomic E-state index is -1.77. The zero-order valence-electron chi connectivity index (χ0n) is 18.5. The molecule has 4 N–H and O–H groups in total. The van der Waals surface area contributed by atoms with Crippen LogP contribution in [-0.2, 0) is 17.5 Å². The lowest BCUT2D eigenvalue weighted by molar-refractivity contribution is 0.0961. The number of benzene rings is 2. The second-order valence-corrected chi connectivity index (χ2v) is 8.38. The molecule has 1 unspecified atom stereocenters. The molecule has 11 nitrogen and oxygen atoms in total.